The maximum Gasteiger partial charge on any atom is 0.276 e. The average molecular weight is 354 g/mol. The second-order valence-corrected chi connectivity index (χ2v) is 5.06. The fourth-order valence-electron chi connectivity index (χ4n) is 2.06. The van der Waals surface area contributed by atoms with Crippen molar-refractivity contribution in [1.29, 1.82) is 5.26 Å². The number of carbonyl (C=O) groups excluding carboxylic acids is 2. The number of hydrogen-bond donors (Lipinski definition) is 2. The molecule has 0 heterocycles. The Morgan fingerprint density at radius 2 is 1.73 bits per heavy atom. The van der Waals surface area contributed by atoms with Gasteiger partial charge in [0.25, 0.3) is 11.6 Å². The van der Waals surface area contributed by atoms with Crippen molar-refractivity contribution >= 4 is 17.5 Å². The first-order valence-corrected chi connectivity index (χ1v) is 7.43. The summed E-state index contributed by atoms with van der Waals surface area (Å²) in [5.41, 5.74) is 4.63. The average Bonchev–Trinajstić information content (AvgIpc) is 2.65. The Morgan fingerprint density at radius 3 is 2.46 bits per heavy atom. The molecule has 0 fully saturated rings. The van der Waals surface area contributed by atoms with E-state index in [9.17, 15) is 19.7 Å². The Bertz CT molecular complexity index is 875. The molecule has 132 valence electrons. The molecule has 2 aromatic carbocycles. The van der Waals surface area contributed by atoms with Crippen LogP contribution in [0.1, 0.15) is 11.1 Å². The van der Waals surface area contributed by atoms with E-state index in [1.165, 1.54) is 18.2 Å². The maximum absolute atomic E-state index is 11.8. The van der Waals surface area contributed by atoms with Gasteiger partial charge in [0.1, 0.15) is 11.8 Å². The van der Waals surface area contributed by atoms with Gasteiger partial charge in [0.2, 0.25) is 5.91 Å². The van der Waals surface area contributed by atoms with Gasteiger partial charge in [0, 0.05) is 11.6 Å². The van der Waals surface area contributed by atoms with E-state index in [1.54, 1.807) is 30.3 Å². The molecule has 9 nitrogen and oxygen atoms in total. The number of nitro groups is 1. The molecular formula is C17H14N4O5. The van der Waals surface area contributed by atoms with Crippen LogP contribution in [0.15, 0.2) is 48.5 Å². The number of carbonyl (C=O) groups is 2. The lowest BCUT2D eigenvalue weighted by molar-refractivity contribution is -0.385. The van der Waals surface area contributed by atoms with Gasteiger partial charge in [0.15, 0.2) is 6.61 Å². The van der Waals surface area contributed by atoms with Gasteiger partial charge in [-0.3, -0.25) is 30.6 Å². The standard InChI is InChI=1S/C17H14N4O5/c18-10-13-6-2-4-8-15(13)26-11-17(23)20-19-16(22)9-12-5-1-3-7-14(12)21(24)25/h1-8H,9,11H2,(H,19,22)(H,20,23). The summed E-state index contributed by atoms with van der Waals surface area (Å²) in [6.45, 7) is -0.412. The van der Waals surface area contributed by atoms with E-state index in [4.69, 9.17) is 10.00 Å². The van der Waals surface area contributed by atoms with Gasteiger partial charge in [-0.25, -0.2) is 0 Å². The predicted octanol–water partition coefficient (Wildman–Crippen LogP) is 1.24. The van der Waals surface area contributed by atoms with E-state index in [-0.39, 0.29) is 29.0 Å². The van der Waals surface area contributed by atoms with Crippen LogP contribution in [0, 0.1) is 21.4 Å². The first-order chi connectivity index (χ1) is 12.5. The smallest absolute Gasteiger partial charge is 0.276 e. The van der Waals surface area contributed by atoms with Crippen LogP contribution in [-0.4, -0.2) is 23.3 Å². The van der Waals surface area contributed by atoms with Crippen molar-refractivity contribution in [2.45, 2.75) is 6.42 Å². The second kappa shape index (κ2) is 8.79. The van der Waals surface area contributed by atoms with Gasteiger partial charge in [-0.1, -0.05) is 30.3 Å². The highest BCUT2D eigenvalue weighted by Crippen LogP contribution is 2.18. The molecule has 0 radical (unpaired) electrons. The number of nitrogens with zero attached hydrogens (tertiary/aromatic N) is 2. The monoisotopic (exact) mass is 354 g/mol. The topological polar surface area (TPSA) is 134 Å². The van der Waals surface area contributed by atoms with Crippen LogP contribution in [0.5, 0.6) is 5.75 Å². The lowest BCUT2D eigenvalue weighted by Crippen LogP contribution is -2.44. The van der Waals surface area contributed by atoms with Crippen molar-refractivity contribution in [3.63, 3.8) is 0 Å². The Labute approximate surface area is 148 Å². The Hall–Kier alpha value is -3.93. The quantitative estimate of drug-likeness (QED) is 0.592. The summed E-state index contributed by atoms with van der Waals surface area (Å²) in [5, 5.41) is 19.8. The zero-order valence-corrected chi connectivity index (χ0v) is 13.5. The maximum atomic E-state index is 11.8. The third-order valence-electron chi connectivity index (χ3n) is 3.25. The molecule has 2 aromatic rings. The molecule has 2 amide bonds. The molecular weight excluding hydrogens is 340 g/mol. The third-order valence-corrected chi connectivity index (χ3v) is 3.25. The van der Waals surface area contributed by atoms with E-state index >= 15 is 0 Å². The van der Waals surface area contributed by atoms with E-state index in [1.807, 2.05) is 6.07 Å². The van der Waals surface area contributed by atoms with Crippen molar-refractivity contribution in [2.24, 2.45) is 0 Å². The van der Waals surface area contributed by atoms with Crippen molar-refractivity contribution in [3.8, 4) is 11.8 Å². The SMILES string of the molecule is N#Cc1ccccc1OCC(=O)NNC(=O)Cc1ccccc1[N+](=O)[O-]. The zero-order chi connectivity index (χ0) is 18.9. The summed E-state index contributed by atoms with van der Waals surface area (Å²) < 4.78 is 5.22. The van der Waals surface area contributed by atoms with Gasteiger partial charge in [-0.15, -0.1) is 0 Å². The fraction of sp³-hybridized carbons (Fsp3) is 0.118. The van der Waals surface area contributed by atoms with E-state index in [0.29, 0.717) is 0 Å². The molecule has 0 bridgehead atoms. The van der Waals surface area contributed by atoms with Gasteiger partial charge in [0.05, 0.1) is 16.9 Å². The Kier molecular flexibility index (Phi) is 6.23. The summed E-state index contributed by atoms with van der Waals surface area (Å²) in [5.74, 6) is -1.02. The molecule has 0 aliphatic carbocycles. The van der Waals surface area contributed by atoms with Gasteiger partial charge in [-0.05, 0) is 12.1 Å². The van der Waals surface area contributed by atoms with Crippen LogP contribution in [0.4, 0.5) is 5.69 Å². The molecule has 0 aliphatic heterocycles. The molecule has 26 heavy (non-hydrogen) atoms. The molecule has 2 rings (SSSR count). The summed E-state index contributed by atoms with van der Waals surface area (Å²) in [4.78, 5) is 33.9. The van der Waals surface area contributed by atoms with Crippen molar-refractivity contribution in [1.82, 2.24) is 10.9 Å². The number of hydrazine groups is 1. The Balaban J connectivity index is 1.83. The summed E-state index contributed by atoms with van der Waals surface area (Å²) in [6.07, 6.45) is -0.268. The molecule has 0 saturated heterocycles. The summed E-state index contributed by atoms with van der Waals surface area (Å²) >= 11 is 0. The molecule has 0 aliphatic rings. The minimum absolute atomic E-state index is 0.176. The number of amides is 2. The van der Waals surface area contributed by atoms with E-state index < -0.39 is 23.3 Å². The molecule has 2 N–H and O–H groups in total. The third kappa shape index (κ3) is 5.04. The highest BCUT2D eigenvalue weighted by molar-refractivity contribution is 5.84. The predicted molar refractivity (Wildman–Crippen MR) is 89.7 cm³/mol. The summed E-state index contributed by atoms with van der Waals surface area (Å²) in [6, 6.07) is 14.2. The number of para-hydroxylation sites is 2. The zero-order valence-electron chi connectivity index (χ0n) is 13.5. The number of hydrogen-bond acceptors (Lipinski definition) is 6. The van der Waals surface area contributed by atoms with Crippen LogP contribution < -0.4 is 15.6 Å². The number of ether oxygens (including phenoxy) is 1. The van der Waals surface area contributed by atoms with Crippen molar-refractivity contribution in [3.05, 3.63) is 69.8 Å². The highest BCUT2D eigenvalue weighted by atomic mass is 16.6. The molecule has 0 spiro atoms. The minimum atomic E-state index is -0.645. The Morgan fingerprint density at radius 1 is 1.08 bits per heavy atom. The molecule has 0 atom stereocenters. The van der Waals surface area contributed by atoms with Crippen LogP contribution >= 0.6 is 0 Å². The fourth-order valence-corrected chi connectivity index (χ4v) is 2.06. The molecule has 9 heteroatoms. The number of nitro benzene ring substituents is 1. The number of nitrogens with one attached hydrogen (secondary N) is 2. The van der Waals surface area contributed by atoms with Crippen LogP contribution in [0.2, 0.25) is 0 Å². The van der Waals surface area contributed by atoms with Crippen molar-refractivity contribution in [2.75, 3.05) is 6.61 Å². The highest BCUT2D eigenvalue weighted by Gasteiger charge is 2.16. The first kappa shape index (κ1) is 18.4. The number of benzene rings is 2. The molecule has 0 saturated carbocycles. The van der Waals surface area contributed by atoms with Gasteiger partial charge >= 0.3 is 0 Å². The number of nitriles is 1. The van der Waals surface area contributed by atoms with Gasteiger partial charge in [-0.2, -0.15) is 5.26 Å². The van der Waals surface area contributed by atoms with E-state index in [2.05, 4.69) is 10.9 Å². The molecule has 0 aromatic heterocycles. The second-order valence-electron chi connectivity index (χ2n) is 5.06. The van der Waals surface area contributed by atoms with E-state index in [0.717, 1.165) is 0 Å². The minimum Gasteiger partial charge on any atom is -0.482 e. The number of rotatable bonds is 6. The van der Waals surface area contributed by atoms with Crippen LogP contribution in [-0.2, 0) is 16.0 Å². The first-order valence-electron chi connectivity index (χ1n) is 7.43. The normalized spacial score (nSPS) is 9.65. The lowest BCUT2D eigenvalue weighted by atomic mass is 10.1. The lowest BCUT2D eigenvalue weighted by Gasteiger charge is -2.09. The summed E-state index contributed by atoms with van der Waals surface area (Å²) in [7, 11) is 0. The van der Waals surface area contributed by atoms with Crippen molar-refractivity contribution < 1.29 is 19.2 Å². The van der Waals surface area contributed by atoms with Crippen LogP contribution in [0.25, 0.3) is 0 Å². The van der Waals surface area contributed by atoms with Crippen LogP contribution in [0.3, 0.4) is 0 Å². The largest absolute Gasteiger partial charge is 0.482 e. The molecule has 0 unspecified atom stereocenters. The van der Waals surface area contributed by atoms with Gasteiger partial charge < -0.3 is 4.74 Å².